The van der Waals surface area contributed by atoms with Gasteiger partial charge < -0.3 is 14.2 Å². The minimum atomic E-state index is -0.720. The van der Waals surface area contributed by atoms with E-state index in [0.29, 0.717) is 0 Å². The maximum Gasteiger partial charge on any atom is 0.316 e. The smallest absolute Gasteiger partial charge is 0.316 e. The van der Waals surface area contributed by atoms with Crippen LogP contribution in [-0.4, -0.2) is 42.8 Å². The number of carbonyl (C=O) groups is 2. The molecular formula is C9H14O5S3. The van der Waals surface area contributed by atoms with Gasteiger partial charge in [0, 0.05) is 0 Å². The Morgan fingerprint density at radius 1 is 1.06 bits per heavy atom. The monoisotopic (exact) mass is 298 g/mol. The van der Waals surface area contributed by atoms with Gasteiger partial charge in [0.15, 0.2) is 6.10 Å². The summed E-state index contributed by atoms with van der Waals surface area (Å²) in [6.07, 6.45) is -0.720. The number of ether oxygens (including phenoxy) is 3. The molecule has 0 heterocycles. The normalized spacial score (nSPS) is 11.5. The molecule has 0 aliphatic rings. The number of rotatable bonds is 8. The van der Waals surface area contributed by atoms with Gasteiger partial charge >= 0.3 is 11.9 Å². The van der Waals surface area contributed by atoms with E-state index >= 15 is 0 Å². The highest BCUT2D eigenvalue weighted by atomic mass is 32.1. The van der Waals surface area contributed by atoms with Gasteiger partial charge in [0.1, 0.15) is 18.3 Å². The van der Waals surface area contributed by atoms with Gasteiger partial charge in [-0.25, -0.2) is 0 Å². The molecule has 0 saturated heterocycles. The van der Waals surface area contributed by atoms with E-state index in [-0.39, 0.29) is 29.8 Å². The summed E-state index contributed by atoms with van der Waals surface area (Å²) in [6.45, 7) is 3.29. The van der Waals surface area contributed by atoms with Crippen molar-refractivity contribution >= 4 is 49.8 Å². The fraction of sp³-hybridized carbons (Fsp3) is 0.556. The highest BCUT2D eigenvalue weighted by Gasteiger charge is 2.16. The summed E-state index contributed by atoms with van der Waals surface area (Å²) in [4.78, 5) is 21.9. The van der Waals surface area contributed by atoms with Crippen LogP contribution < -0.4 is 0 Å². The minimum absolute atomic E-state index is 0.00169. The predicted octanol–water partition coefficient (Wildman–Crippen LogP) is 0.719. The second kappa shape index (κ2) is 9.55. The molecule has 0 bridgehead atoms. The van der Waals surface area contributed by atoms with Crippen LogP contribution in [0.25, 0.3) is 0 Å². The average molecular weight is 298 g/mol. The van der Waals surface area contributed by atoms with Crippen LogP contribution in [0.1, 0.15) is 0 Å². The zero-order chi connectivity index (χ0) is 13.3. The lowest BCUT2D eigenvalue weighted by Gasteiger charge is -2.17. The molecule has 98 valence electrons. The van der Waals surface area contributed by atoms with Gasteiger partial charge in [0.2, 0.25) is 0 Å². The summed E-state index contributed by atoms with van der Waals surface area (Å²) >= 11 is 11.3. The number of hydrogen-bond donors (Lipinski definition) is 3. The van der Waals surface area contributed by atoms with E-state index in [4.69, 9.17) is 14.2 Å². The minimum Gasteiger partial charge on any atom is -0.484 e. The van der Waals surface area contributed by atoms with Gasteiger partial charge in [-0.05, 0) is 6.58 Å². The zero-order valence-corrected chi connectivity index (χ0v) is 11.7. The summed E-state index contributed by atoms with van der Waals surface area (Å²) in [7, 11) is 0. The van der Waals surface area contributed by atoms with E-state index in [1.54, 1.807) is 0 Å². The third kappa shape index (κ3) is 9.25. The van der Waals surface area contributed by atoms with Crippen molar-refractivity contribution in [1.82, 2.24) is 0 Å². The summed E-state index contributed by atoms with van der Waals surface area (Å²) < 4.78 is 14.7. The van der Waals surface area contributed by atoms with Crippen molar-refractivity contribution in [2.24, 2.45) is 0 Å². The topological polar surface area (TPSA) is 61.8 Å². The zero-order valence-electron chi connectivity index (χ0n) is 9.00. The van der Waals surface area contributed by atoms with Crippen molar-refractivity contribution in [3.05, 3.63) is 11.7 Å². The predicted molar refractivity (Wildman–Crippen MR) is 72.6 cm³/mol. The first-order valence-corrected chi connectivity index (χ1v) is 6.28. The summed E-state index contributed by atoms with van der Waals surface area (Å²) in [6, 6.07) is 0. The Morgan fingerprint density at radius 2 is 1.59 bits per heavy atom. The summed E-state index contributed by atoms with van der Waals surface area (Å²) in [5.74, 6) is -1.16. The first kappa shape index (κ1) is 16.5. The fourth-order valence-corrected chi connectivity index (χ4v) is 1.00. The van der Waals surface area contributed by atoms with Crippen LogP contribution in [0, 0.1) is 0 Å². The van der Waals surface area contributed by atoms with Crippen molar-refractivity contribution in [2.45, 2.75) is 6.10 Å². The van der Waals surface area contributed by atoms with Gasteiger partial charge in [0.25, 0.3) is 0 Å². The molecule has 0 aromatic heterocycles. The van der Waals surface area contributed by atoms with Crippen molar-refractivity contribution < 1.29 is 23.8 Å². The lowest BCUT2D eigenvalue weighted by Crippen LogP contribution is -2.30. The molecule has 17 heavy (non-hydrogen) atoms. The standard InChI is InChI=1S/C9H14O5S3/c1-6(17)12-2-7(14-9(11)5-16)3-13-8(10)4-15/h7,15-17H,1-5H2. The number of carbonyl (C=O) groups excluding carboxylic acids is 2. The van der Waals surface area contributed by atoms with Crippen LogP contribution in [0.4, 0.5) is 0 Å². The Morgan fingerprint density at radius 3 is 2.06 bits per heavy atom. The van der Waals surface area contributed by atoms with E-state index in [2.05, 4.69) is 44.5 Å². The number of thiol groups is 3. The average Bonchev–Trinajstić information content (AvgIpc) is 2.31. The molecular weight excluding hydrogens is 284 g/mol. The Hall–Kier alpha value is -0.470. The third-order valence-electron chi connectivity index (χ3n) is 1.42. The second-order valence-electron chi connectivity index (χ2n) is 2.82. The maximum atomic E-state index is 11.0. The van der Waals surface area contributed by atoms with E-state index in [1.807, 2.05) is 0 Å². The lowest BCUT2D eigenvalue weighted by atomic mass is 10.4. The van der Waals surface area contributed by atoms with Crippen LogP contribution in [0.15, 0.2) is 11.7 Å². The Bertz CT molecular complexity index is 282. The fourth-order valence-electron chi connectivity index (χ4n) is 0.760. The van der Waals surface area contributed by atoms with E-state index < -0.39 is 18.0 Å². The van der Waals surface area contributed by atoms with Crippen molar-refractivity contribution in [3.63, 3.8) is 0 Å². The Kier molecular flexibility index (Phi) is 9.28. The van der Waals surface area contributed by atoms with E-state index in [0.717, 1.165) is 0 Å². The van der Waals surface area contributed by atoms with Gasteiger partial charge in [-0.2, -0.15) is 25.3 Å². The molecule has 0 aromatic carbocycles. The molecule has 0 aromatic rings. The van der Waals surface area contributed by atoms with Gasteiger partial charge in [-0.1, -0.05) is 0 Å². The van der Waals surface area contributed by atoms with Crippen LogP contribution in [-0.2, 0) is 23.8 Å². The largest absolute Gasteiger partial charge is 0.484 e. The van der Waals surface area contributed by atoms with E-state index in [9.17, 15) is 9.59 Å². The first-order valence-electron chi connectivity index (χ1n) is 4.57. The molecule has 0 radical (unpaired) electrons. The molecule has 0 N–H and O–H groups in total. The number of esters is 2. The van der Waals surface area contributed by atoms with Crippen molar-refractivity contribution in [3.8, 4) is 0 Å². The summed E-state index contributed by atoms with van der Waals surface area (Å²) in [5, 5.41) is 0.178. The summed E-state index contributed by atoms with van der Waals surface area (Å²) in [5.41, 5.74) is 0. The molecule has 5 nitrogen and oxygen atoms in total. The van der Waals surface area contributed by atoms with Crippen molar-refractivity contribution in [2.75, 3.05) is 24.7 Å². The molecule has 0 rings (SSSR count). The highest BCUT2D eigenvalue weighted by Crippen LogP contribution is 2.04. The molecule has 0 fully saturated rings. The van der Waals surface area contributed by atoms with Crippen LogP contribution in [0.3, 0.4) is 0 Å². The second-order valence-corrected chi connectivity index (χ2v) is 3.95. The van der Waals surface area contributed by atoms with Gasteiger partial charge in [-0.3, -0.25) is 9.59 Å². The molecule has 1 unspecified atom stereocenters. The van der Waals surface area contributed by atoms with Crippen LogP contribution in [0.2, 0.25) is 0 Å². The molecule has 1 atom stereocenters. The molecule has 8 heteroatoms. The molecule has 0 aliphatic heterocycles. The Labute approximate surface area is 116 Å². The number of hydrogen-bond acceptors (Lipinski definition) is 8. The Balaban J connectivity index is 4.14. The lowest BCUT2D eigenvalue weighted by molar-refractivity contribution is -0.158. The SMILES string of the molecule is C=C(S)OCC(COC(=O)CS)OC(=O)CS. The maximum absolute atomic E-state index is 11.0. The molecule has 0 amide bonds. The molecule has 0 aliphatic carbocycles. The van der Waals surface area contributed by atoms with Gasteiger partial charge in [-0.15, -0.1) is 12.6 Å². The van der Waals surface area contributed by atoms with Crippen molar-refractivity contribution in [1.29, 1.82) is 0 Å². The van der Waals surface area contributed by atoms with Crippen LogP contribution >= 0.6 is 37.9 Å². The van der Waals surface area contributed by atoms with Gasteiger partial charge in [0.05, 0.1) is 11.5 Å². The first-order chi connectivity index (χ1) is 7.99. The van der Waals surface area contributed by atoms with E-state index in [1.165, 1.54) is 0 Å². The molecule has 0 spiro atoms. The third-order valence-corrected chi connectivity index (χ3v) is 2.07. The van der Waals surface area contributed by atoms with Crippen LogP contribution in [0.5, 0.6) is 0 Å². The highest BCUT2D eigenvalue weighted by molar-refractivity contribution is 7.84. The molecule has 0 saturated carbocycles. The quantitative estimate of drug-likeness (QED) is 0.350.